The monoisotopic (exact) mass is 365 g/mol. The Morgan fingerprint density at radius 3 is 2.08 bits per heavy atom. The van der Waals surface area contributed by atoms with E-state index in [4.69, 9.17) is 0 Å². The zero-order valence-electron chi connectivity index (χ0n) is 12.1. The summed E-state index contributed by atoms with van der Waals surface area (Å²) in [5.74, 6) is -0.486. The van der Waals surface area contributed by atoms with E-state index in [1.54, 1.807) is 0 Å². The number of urea groups is 1. The fourth-order valence-electron chi connectivity index (χ4n) is 1.70. The van der Waals surface area contributed by atoms with Gasteiger partial charge in [-0.3, -0.25) is 4.98 Å². The summed E-state index contributed by atoms with van der Waals surface area (Å²) < 4.78 is 77.4. The molecule has 2 rings (SSSR count). The van der Waals surface area contributed by atoms with Crippen LogP contribution < -0.4 is 15.4 Å². The number of hydrogen-bond donors (Lipinski definition) is 2. The van der Waals surface area contributed by atoms with Crippen LogP contribution in [0.2, 0.25) is 0 Å². The minimum atomic E-state index is -4.84. The first-order valence-electron chi connectivity index (χ1n) is 6.49. The van der Waals surface area contributed by atoms with Gasteiger partial charge in [-0.15, -0.1) is 13.2 Å². The number of nitrogens with one attached hydrogen (secondary N) is 2. The summed E-state index contributed by atoms with van der Waals surface area (Å²) in [4.78, 5) is 15.1. The molecule has 0 fully saturated rings. The molecular weight excluding hydrogens is 356 g/mol. The molecule has 2 N–H and O–H groups in total. The fourth-order valence-corrected chi connectivity index (χ4v) is 1.70. The Morgan fingerprint density at radius 2 is 1.52 bits per heavy atom. The van der Waals surface area contributed by atoms with Crippen LogP contribution in [0.5, 0.6) is 5.75 Å². The van der Waals surface area contributed by atoms with Crippen molar-refractivity contribution in [2.45, 2.75) is 12.5 Å². The molecule has 134 valence electrons. The lowest BCUT2D eigenvalue weighted by atomic mass is 10.2. The van der Waals surface area contributed by atoms with Gasteiger partial charge in [0, 0.05) is 11.9 Å². The summed E-state index contributed by atoms with van der Waals surface area (Å²) >= 11 is 0. The maximum absolute atomic E-state index is 12.5. The first-order chi connectivity index (χ1) is 11.5. The summed E-state index contributed by atoms with van der Waals surface area (Å²) in [6, 6.07) is 3.98. The van der Waals surface area contributed by atoms with Gasteiger partial charge in [-0.2, -0.15) is 13.2 Å². The second kappa shape index (κ2) is 6.87. The van der Waals surface area contributed by atoms with Crippen LogP contribution in [-0.2, 0) is 6.18 Å². The van der Waals surface area contributed by atoms with Crippen LogP contribution in [0.3, 0.4) is 0 Å². The van der Waals surface area contributed by atoms with Gasteiger partial charge in [0.1, 0.15) is 5.75 Å². The molecule has 1 heterocycles. The van der Waals surface area contributed by atoms with Gasteiger partial charge in [-0.1, -0.05) is 0 Å². The van der Waals surface area contributed by atoms with Crippen LogP contribution in [0, 0.1) is 0 Å². The SMILES string of the molecule is O=C(Nc1ccc(OC(F)(F)F)cc1)Nc1cncc(C(F)(F)F)c1. The first kappa shape index (κ1) is 18.4. The van der Waals surface area contributed by atoms with Crippen molar-refractivity contribution in [3.63, 3.8) is 0 Å². The molecule has 11 heteroatoms. The molecule has 0 radical (unpaired) electrons. The van der Waals surface area contributed by atoms with E-state index >= 15 is 0 Å². The molecule has 0 unspecified atom stereocenters. The summed E-state index contributed by atoms with van der Waals surface area (Å²) in [5.41, 5.74) is -1.14. The van der Waals surface area contributed by atoms with E-state index in [1.165, 1.54) is 0 Å². The molecule has 2 aromatic rings. The number of pyridine rings is 1. The zero-order chi connectivity index (χ0) is 18.7. The molecule has 2 amide bonds. The highest BCUT2D eigenvalue weighted by atomic mass is 19.4. The quantitative estimate of drug-likeness (QED) is 0.779. The molecule has 0 bridgehead atoms. The standard InChI is InChI=1S/C14H9F6N3O2/c15-13(16,17)8-5-10(7-21-6-8)23-12(24)22-9-1-3-11(4-2-9)25-14(18,19)20/h1-7H,(H2,22,23,24). The third kappa shape index (κ3) is 5.86. The molecule has 0 saturated heterocycles. The molecule has 1 aromatic heterocycles. The van der Waals surface area contributed by atoms with Crippen molar-refractivity contribution in [2.24, 2.45) is 0 Å². The van der Waals surface area contributed by atoms with Gasteiger partial charge in [-0.05, 0) is 30.3 Å². The minimum absolute atomic E-state index is 0.104. The van der Waals surface area contributed by atoms with E-state index in [-0.39, 0.29) is 11.4 Å². The molecule has 1 aromatic carbocycles. The third-order valence-electron chi connectivity index (χ3n) is 2.67. The molecule has 0 saturated carbocycles. The van der Waals surface area contributed by atoms with E-state index < -0.39 is 29.9 Å². The Balaban J connectivity index is 1.99. The maximum atomic E-state index is 12.5. The number of ether oxygens (including phenoxy) is 1. The minimum Gasteiger partial charge on any atom is -0.406 e. The smallest absolute Gasteiger partial charge is 0.406 e. The molecule has 0 aliphatic heterocycles. The Morgan fingerprint density at radius 1 is 0.920 bits per heavy atom. The zero-order valence-corrected chi connectivity index (χ0v) is 12.1. The highest BCUT2D eigenvalue weighted by Crippen LogP contribution is 2.30. The number of carbonyl (C=O) groups excluding carboxylic acids is 1. The number of carbonyl (C=O) groups is 1. The fraction of sp³-hybridized carbons (Fsp3) is 0.143. The van der Waals surface area contributed by atoms with Crippen molar-refractivity contribution < 1.29 is 35.9 Å². The van der Waals surface area contributed by atoms with Gasteiger partial charge >= 0.3 is 18.6 Å². The van der Waals surface area contributed by atoms with Gasteiger partial charge < -0.3 is 15.4 Å². The lowest BCUT2D eigenvalue weighted by molar-refractivity contribution is -0.274. The lowest BCUT2D eigenvalue weighted by Gasteiger charge is -2.11. The van der Waals surface area contributed by atoms with Crippen LogP contribution in [0.15, 0.2) is 42.7 Å². The van der Waals surface area contributed by atoms with Crippen molar-refractivity contribution >= 4 is 17.4 Å². The Hall–Kier alpha value is -2.98. The number of hydrogen-bond acceptors (Lipinski definition) is 3. The van der Waals surface area contributed by atoms with Gasteiger partial charge in [0.2, 0.25) is 0 Å². The summed E-state index contributed by atoms with van der Waals surface area (Å²) in [6.45, 7) is 0. The third-order valence-corrected chi connectivity index (χ3v) is 2.67. The second-order valence-electron chi connectivity index (χ2n) is 4.61. The van der Waals surface area contributed by atoms with E-state index in [0.717, 1.165) is 30.5 Å². The number of amides is 2. The van der Waals surface area contributed by atoms with Crippen LogP contribution in [-0.4, -0.2) is 17.4 Å². The van der Waals surface area contributed by atoms with Crippen molar-refractivity contribution in [1.29, 1.82) is 0 Å². The van der Waals surface area contributed by atoms with Gasteiger partial charge in [0.05, 0.1) is 17.4 Å². The predicted molar refractivity (Wildman–Crippen MR) is 75.0 cm³/mol. The number of nitrogens with zero attached hydrogens (tertiary/aromatic N) is 1. The van der Waals surface area contributed by atoms with Crippen molar-refractivity contribution in [2.75, 3.05) is 10.6 Å². The largest absolute Gasteiger partial charge is 0.573 e. The number of anilines is 2. The number of alkyl halides is 6. The highest BCUT2D eigenvalue weighted by molar-refractivity contribution is 5.99. The van der Waals surface area contributed by atoms with E-state index in [9.17, 15) is 31.1 Å². The molecule has 0 spiro atoms. The van der Waals surface area contributed by atoms with Gasteiger partial charge in [0.25, 0.3) is 0 Å². The van der Waals surface area contributed by atoms with Gasteiger partial charge in [0.15, 0.2) is 0 Å². The Labute approximate surface area is 136 Å². The number of halogens is 6. The number of rotatable bonds is 3. The Bertz CT molecular complexity index is 743. The van der Waals surface area contributed by atoms with Crippen LogP contribution >= 0.6 is 0 Å². The van der Waals surface area contributed by atoms with Crippen molar-refractivity contribution in [3.8, 4) is 5.75 Å². The molecule has 0 aliphatic rings. The maximum Gasteiger partial charge on any atom is 0.573 e. The molecule has 0 atom stereocenters. The Kier molecular flexibility index (Phi) is 5.04. The normalized spacial score (nSPS) is 11.8. The highest BCUT2D eigenvalue weighted by Gasteiger charge is 2.31. The predicted octanol–water partition coefficient (Wildman–Crippen LogP) is 4.64. The molecule has 0 aliphatic carbocycles. The number of aromatic nitrogens is 1. The van der Waals surface area contributed by atoms with E-state index in [2.05, 4.69) is 20.4 Å². The topological polar surface area (TPSA) is 63.2 Å². The first-order valence-corrected chi connectivity index (χ1v) is 6.49. The van der Waals surface area contributed by atoms with Crippen molar-refractivity contribution in [3.05, 3.63) is 48.3 Å². The van der Waals surface area contributed by atoms with Crippen LogP contribution in [0.1, 0.15) is 5.56 Å². The van der Waals surface area contributed by atoms with Gasteiger partial charge in [-0.25, -0.2) is 4.79 Å². The van der Waals surface area contributed by atoms with Crippen LogP contribution in [0.25, 0.3) is 0 Å². The molecular formula is C14H9F6N3O2. The summed E-state index contributed by atoms with van der Waals surface area (Å²) in [5, 5.41) is 4.37. The summed E-state index contributed by atoms with van der Waals surface area (Å²) in [7, 11) is 0. The molecule has 25 heavy (non-hydrogen) atoms. The second-order valence-corrected chi connectivity index (χ2v) is 4.61. The van der Waals surface area contributed by atoms with Crippen LogP contribution in [0.4, 0.5) is 42.5 Å². The number of benzene rings is 1. The molecule has 5 nitrogen and oxygen atoms in total. The lowest BCUT2D eigenvalue weighted by Crippen LogP contribution is -2.20. The summed E-state index contributed by atoms with van der Waals surface area (Å²) in [6.07, 6.45) is -7.85. The average molecular weight is 365 g/mol. The van der Waals surface area contributed by atoms with Crippen molar-refractivity contribution in [1.82, 2.24) is 4.98 Å². The average Bonchev–Trinajstić information content (AvgIpc) is 2.47. The van der Waals surface area contributed by atoms with E-state index in [0.29, 0.717) is 12.3 Å². The van der Waals surface area contributed by atoms with E-state index in [1.807, 2.05) is 0 Å².